The van der Waals surface area contributed by atoms with Crippen LogP contribution in [0.15, 0.2) is 0 Å². The van der Waals surface area contributed by atoms with Gasteiger partial charge in [0.15, 0.2) is 0 Å². The molecule has 3 heteroatoms. The molecular weight excluding hydrogens is 408 g/mol. The van der Waals surface area contributed by atoms with Crippen LogP contribution in [0.1, 0.15) is 120 Å². The van der Waals surface area contributed by atoms with Gasteiger partial charge in [-0.1, -0.05) is 34.6 Å². The van der Waals surface area contributed by atoms with E-state index in [-0.39, 0.29) is 45.1 Å². The smallest absolute Gasteiger partial charge is 0.0693 e. The van der Waals surface area contributed by atoms with Crippen molar-refractivity contribution in [3.05, 3.63) is 0 Å². The van der Waals surface area contributed by atoms with Crippen LogP contribution in [0.3, 0.4) is 0 Å². The normalized spacial score (nSPS) is 57.6. The Morgan fingerprint density at radius 2 is 1.36 bits per heavy atom. The van der Waals surface area contributed by atoms with E-state index < -0.39 is 0 Å². The van der Waals surface area contributed by atoms with Crippen molar-refractivity contribution < 1.29 is 14.9 Å². The van der Waals surface area contributed by atoms with Crippen LogP contribution in [0.4, 0.5) is 0 Å². The Hall–Kier alpha value is -0.120. The molecule has 5 fully saturated rings. The fourth-order valence-corrected chi connectivity index (χ4v) is 11.3. The lowest BCUT2D eigenvalue weighted by Crippen LogP contribution is -2.66. The molecule has 33 heavy (non-hydrogen) atoms. The first-order valence-electron chi connectivity index (χ1n) is 14.2. The molecule has 1 heterocycles. The van der Waals surface area contributed by atoms with Crippen molar-refractivity contribution in [1.82, 2.24) is 0 Å². The third kappa shape index (κ3) is 3.16. The second-order valence-electron chi connectivity index (χ2n) is 15.4. The van der Waals surface area contributed by atoms with Crippen LogP contribution >= 0.6 is 0 Å². The zero-order valence-electron chi connectivity index (χ0n) is 22.8. The summed E-state index contributed by atoms with van der Waals surface area (Å²) < 4.78 is 6.86. The van der Waals surface area contributed by atoms with Gasteiger partial charge in [-0.25, -0.2) is 0 Å². The van der Waals surface area contributed by atoms with Gasteiger partial charge in [-0.3, -0.25) is 0 Å². The molecule has 1 aliphatic heterocycles. The molecule has 5 rings (SSSR count). The number of hydrogen-bond donors (Lipinski definition) is 2. The highest BCUT2D eigenvalue weighted by Crippen LogP contribution is 2.76. The number of fused-ring (bicyclic) bond motifs is 5. The van der Waals surface area contributed by atoms with Crippen molar-refractivity contribution in [2.24, 2.45) is 45.3 Å². The summed E-state index contributed by atoms with van der Waals surface area (Å²) in [6.45, 7) is 19.2. The van der Waals surface area contributed by atoms with E-state index in [2.05, 4.69) is 55.4 Å². The second kappa shape index (κ2) is 7.22. The lowest BCUT2D eigenvalue weighted by molar-refractivity contribution is -0.257. The zero-order chi connectivity index (χ0) is 24.2. The predicted molar refractivity (Wildman–Crippen MR) is 134 cm³/mol. The Labute approximate surface area is 203 Å². The number of hydrogen-bond acceptors (Lipinski definition) is 3. The number of ether oxygens (including phenoxy) is 1. The molecule has 3 nitrogen and oxygen atoms in total. The highest BCUT2D eigenvalue weighted by Gasteiger charge is 2.71. The molecule has 0 aromatic heterocycles. The van der Waals surface area contributed by atoms with Crippen LogP contribution in [0.5, 0.6) is 0 Å². The van der Waals surface area contributed by atoms with Gasteiger partial charge in [0.05, 0.1) is 23.4 Å². The van der Waals surface area contributed by atoms with Gasteiger partial charge in [0.2, 0.25) is 0 Å². The maximum atomic E-state index is 11.9. The standard InChI is InChI=1S/C30H52O3/c1-25(2)13-9-14-30(8,33-25)19-10-16-29(7)24(19)20(31)18-22-27(5)15-12-23(32)26(3,4)21(27)11-17-28(22,29)6/h19-24,31-32H,9-18H2,1-8H3/t19-,20+,21-,22+,23-,24-,27-,28+,29+,30+/m1/s1. The lowest BCUT2D eigenvalue weighted by atomic mass is 9.35. The SMILES string of the molecule is CC1(C)CCC[C@@](C)([C@@H]2CC[C@@]3(C)[C@H]2[C@@H](O)C[C@H]2[C@]4(C)CC[C@@H](O)C(C)(C)[C@H]4CC[C@@]23C)O1. The van der Waals surface area contributed by atoms with Gasteiger partial charge < -0.3 is 14.9 Å². The minimum Gasteiger partial charge on any atom is -0.393 e. The first kappa shape index (κ1) is 24.6. The Morgan fingerprint density at radius 3 is 2.03 bits per heavy atom. The lowest BCUT2D eigenvalue weighted by Gasteiger charge is -2.70. The summed E-state index contributed by atoms with van der Waals surface area (Å²) in [5.41, 5.74) is 0.392. The monoisotopic (exact) mass is 460 g/mol. The topological polar surface area (TPSA) is 49.7 Å². The summed E-state index contributed by atoms with van der Waals surface area (Å²) >= 11 is 0. The summed E-state index contributed by atoms with van der Waals surface area (Å²) in [6.07, 6.45) is 10.9. The van der Waals surface area contributed by atoms with Crippen molar-refractivity contribution in [1.29, 1.82) is 0 Å². The molecule has 0 aromatic carbocycles. The van der Waals surface area contributed by atoms with E-state index in [1.807, 2.05) is 0 Å². The third-order valence-electron chi connectivity index (χ3n) is 13.1. The van der Waals surface area contributed by atoms with E-state index in [9.17, 15) is 10.2 Å². The van der Waals surface area contributed by atoms with Crippen LogP contribution in [0, 0.1) is 45.3 Å². The van der Waals surface area contributed by atoms with Crippen LogP contribution in [-0.2, 0) is 4.74 Å². The molecule has 0 bridgehead atoms. The van der Waals surface area contributed by atoms with E-state index in [0.29, 0.717) is 23.7 Å². The molecule has 0 radical (unpaired) electrons. The highest BCUT2D eigenvalue weighted by atomic mass is 16.5. The average Bonchev–Trinajstić information content (AvgIpc) is 3.07. The molecule has 0 amide bonds. The largest absolute Gasteiger partial charge is 0.393 e. The molecule has 4 saturated carbocycles. The number of aliphatic hydroxyl groups excluding tert-OH is 2. The summed E-state index contributed by atoms with van der Waals surface area (Å²) in [4.78, 5) is 0. The first-order chi connectivity index (χ1) is 15.1. The summed E-state index contributed by atoms with van der Waals surface area (Å²) in [5, 5.41) is 22.8. The molecule has 2 N–H and O–H groups in total. The Balaban J connectivity index is 1.51. The van der Waals surface area contributed by atoms with Crippen molar-refractivity contribution in [2.75, 3.05) is 0 Å². The van der Waals surface area contributed by atoms with Crippen molar-refractivity contribution in [3.63, 3.8) is 0 Å². The zero-order valence-corrected chi connectivity index (χ0v) is 22.8. The summed E-state index contributed by atoms with van der Waals surface area (Å²) in [5.74, 6) is 1.85. The molecular formula is C30H52O3. The van der Waals surface area contributed by atoms with Crippen LogP contribution in [0.2, 0.25) is 0 Å². The van der Waals surface area contributed by atoms with Crippen molar-refractivity contribution in [2.45, 2.75) is 143 Å². The van der Waals surface area contributed by atoms with Gasteiger partial charge in [-0.15, -0.1) is 0 Å². The predicted octanol–water partition coefficient (Wildman–Crippen LogP) is 6.74. The second-order valence-corrected chi connectivity index (χ2v) is 15.4. The minimum absolute atomic E-state index is 0.0375. The quantitative estimate of drug-likeness (QED) is 0.455. The molecule has 0 unspecified atom stereocenters. The van der Waals surface area contributed by atoms with Crippen LogP contribution < -0.4 is 0 Å². The van der Waals surface area contributed by atoms with Crippen molar-refractivity contribution >= 4 is 0 Å². The molecule has 5 aliphatic rings. The average molecular weight is 461 g/mol. The number of aliphatic hydroxyl groups is 2. The molecule has 4 aliphatic carbocycles. The van der Waals surface area contributed by atoms with Gasteiger partial charge in [0.25, 0.3) is 0 Å². The maximum absolute atomic E-state index is 11.9. The number of rotatable bonds is 1. The molecule has 0 spiro atoms. The van der Waals surface area contributed by atoms with Gasteiger partial charge in [-0.2, -0.15) is 0 Å². The minimum atomic E-state index is -0.239. The highest BCUT2D eigenvalue weighted by molar-refractivity contribution is 5.20. The molecule has 0 aromatic rings. The van der Waals surface area contributed by atoms with Gasteiger partial charge in [-0.05, 0) is 130 Å². The Morgan fingerprint density at radius 1 is 0.697 bits per heavy atom. The van der Waals surface area contributed by atoms with E-state index >= 15 is 0 Å². The molecule has 1 saturated heterocycles. The molecule has 10 atom stereocenters. The summed E-state index contributed by atoms with van der Waals surface area (Å²) in [7, 11) is 0. The Kier molecular flexibility index (Phi) is 5.38. The van der Waals surface area contributed by atoms with E-state index in [4.69, 9.17) is 4.74 Å². The fourth-order valence-electron chi connectivity index (χ4n) is 11.3. The fraction of sp³-hybridized carbons (Fsp3) is 1.00. The van der Waals surface area contributed by atoms with Crippen LogP contribution in [0.25, 0.3) is 0 Å². The maximum Gasteiger partial charge on any atom is 0.0693 e. The van der Waals surface area contributed by atoms with Gasteiger partial charge in [0.1, 0.15) is 0 Å². The Bertz CT molecular complexity index is 789. The third-order valence-corrected chi connectivity index (χ3v) is 13.1. The van der Waals surface area contributed by atoms with E-state index in [0.717, 1.165) is 32.1 Å². The first-order valence-corrected chi connectivity index (χ1v) is 14.2. The summed E-state index contributed by atoms with van der Waals surface area (Å²) in [6, 6.07) is 0. The van der Waals surface area contributed by atoms with E-state index in [1.54, 1.807) is 0 Å². The van der Waals surface area contributed by atoms with Gasteiger partial charge in [0, 0.05) is 0 Å². The molecule has 190 valence electrons. The van der Waals surface area contributed by atoms with Gasteiger partial charge >= 0.3 is 0 Å². The van der Waals surface area contributed by atoms with Crippen LogP contribution in [-0.4, -0.2) is 33.6 Å². The van der Waals surface area contributed by atoms with E-state index in [1.165, 1.54) is 32.1 Å². The van der Waals surface area contributed by atoms with Crippen molar-refractivity contribution in [3.8, 4) is 0 Å².